The Morgan fingerprint density at radius 1 is 1.50 bits per heavy atom. The topological polar surface area (TPSA) is 46.5 Å². The number of carboxylic acid groups (broad SMARTS) is 1. The van der Waals surface area contributed by atoms with Gasteiger partial charge in [-0.05, 0) is 38.5 Å². The van der Waals surface area contributed by atoms with Gasteiger partial charge in [0.25, 0.3) is 0 Å². The zero-order valence-electron chi connectivity index (χ0n) is 9.08. The quantitative estimate of drug-likeness (QED) is 0.757. The molecule has 1 rings (SSSR count). The maximum Gasteiger partial charge on any atom is 0.309 e. The summed E-state index contributed by atoms with van der Waals surface area (Å²) >= 11 is 0. The molecule has 0 amide bonds. The average molecular weight is 200 g/mol. The third-order valence-electron chi connectivity index (χ3n) is 3.38. The van der Waals surface area contributed by atoms with Crippen molar-refractivity contribution in [2.45, 2.75) is 39.5 Å². The van der Waals surface area contributed by atoms with Crippen molar-refractivity contribution in [3.8, 4) is 0 Å². The number of aliphatic carboxylic acids is 1. The molecule has 0 radical (unpaired) electrons. The van der Waals surface area contributed by atoms with Gasteiger partial charge in [0, 0.05) is 13.2 Å². The van der Waals surface area contributed by atoms with Gasteiger partial charge >= 0.3 is 5.97 Å². The highest BCUT2D eigenvalue weighted by atomic mass is 16.5. The fraction of sp³-hybridized carbons (Fsp3) is 0.909. The molecule has 3 heteroatoms. The molecule has 1 unspecified atom stereocenters. The van der Waals surface area contributed by atoms with E-state index in [-0.39, 0.29) is 0 Å². The molecule has 1 aliphatic heterocycles. The summed E-state index contributed by atoms with van der Waals surface area (Å²) in [4.78, 5) is 11.1. The van der Waals surface area contributed by atoms with Crippen LogP contribution in [0.3, 0.4) is 0 Å². The molecular weight excluding hydrogens is 180 g/mol. The second kappa shape index (κ2) is 4.78. The molecule has 0 aliphatic carbocycles. The van der Waals surface area contributed by atoms with E-state index in [4.69, 9.17) is 9.84 Å². The number of rotatable bonds is 4. The van der Waals surface area contributed by atoms with E-state index in [9.17, 15) is 4.79 Å². The minimum absolute atomic E-state index is 0.532. The van der Waals surface area contributed by atoms with Crippen LogP contribution in [0.15, 0.2) is 0 Å². The van der Waals surface area contributed by atoms with Crippen LogP contribution in [0.5, 0.6) is 0 Å². The van der Waals surface area contributed by atoms with E-state index in [1.165, 1.54) is 0 Å². The summed E-state index contributed by atoms with van der Waals surface area (Å²) in [6.07, 6.45) is 3.54. The van der Waals surface area contributed by atoms with Crippen LogP contribution in [0.2, 0.25) is 0 Å². The summed E-state index contributed by atoms with van der Waals surface area (Å²) < 4.78 is 5.26. The van der Waals surface area contributed by atoms with Gasteiger partial charge in [-0.1, -0.05) is 6.92 Å². The van der Waals surface area contributed by atoms with Crippen molar-refractivity contribution < 1.29 is 14.6 Å². The first-order valence-electron chi connectivity index (χ1n) is 5.39. The molecule has 0 bridgehead atoms. The SMILES string of the molecule is CCC(C)(CC1CCOCC1)C(=O)O. The molecule has 14 heavy (non-hydrogen) atoms. The second-order valence-corrected chi connectivity index (χ2v) is 4.48. The van der Waals surface area contributed by atoms with E-state index in [1.807, 2.05) is 13.8 Å². The molecule has 82 valence electrons. The molecule has 3 nitrogen and oxygen atoms in total. The van der Waals surface area contributed by atoms with Gasteiger partial charge in [-0.3, -0.25) is 4.79 Å². The number of carbonyl (C=O) groups is 1. The van der Waals surface area contributed by atoms with Crippen molar-refractivity contribution in [2.24, 2.45) is 11.3 Å². The highest BCUT2D eigenvalue weighted by Crippen LogP contribution is 2.34. The highest BCUT2D eigenvalue weighted by Gasteiger charge is 2.34. The van der Waals surface area contributed by atoms with Crippen molar-refractivity contribution in [3.63, 3.8) is 0 Å². The Bertz CT molecular complexity index is 197. The summed E-state index contributed by atoms with van der Waals surface area (Å²) in [5.74, 6) is -0.128. The lowest BCUT2D eigenvalue weighted by atomic mass is 9.76. The van der Waals surface area contributed by atoms with Crippen LogP contribution in [0.1, 0.15) is 39.5 Å². The number of ether oxygens (including phenoxy) is 1. The lowest BCUT2D eigenvalue weighted by Crippen LogP contribution is -2.31. The lowest BCUT2D eigenvalue weighted by Gasteiger charge is -2.30. The molecule has 1 aliphatic rings. The zero-order valence-corrected chi connectivity index (χ0v) is 9.08. The van der Waals surface area contributed by atoms with Gasteiger partial charge in [0.2, 0.25) is 0 Å². The summed E-state index contributed by atoms with van der Waals surface area (Å²) in [5, 5.41) is 9.13. The molecule has 1 heterocycles. The summed E-state index contributed by atoms with van der Waals surface area (Å²) in [5.41, 5.74) is -0.540. The third-order valence-corrected chi connectivity index (χ3v) is 3.38. The van der Waals surface area contributed by atoms with E-state index >= 15 is 0 Å². The lowest BCUT2D eigenvalue weighted by molar-refractivity contribution is -0.149. The molecule has 0 aromatic rings. The third kappa shape index (κ3) is 2.71. The second-order valence-electron chi connectivity index (χ2n) is 4.48. The molecule has 0 aromatic heterocycles. The van der Waals surface area contributed by atoms with Gasteiger partial charge in [-0.15, -0.1) is 0 Å². The fourth-order valence-corrected chi connectivity index (χ4v) is 1.97. The minimum Gasteiger partial charge on any atom is -0.481 e. The van der Waals surface area contributed by atoms with Crippen molar-refractivity contribution in [2.75, 3.05) is 13.2 Å². The van der Waals surface area contributed by atoms with Gasteiger partial charge < -0.3 is 9.84 Å². The van der Waals surface area contributed by atoms with Gasteiger partial charge in [0.05, 0.1) is 5.41 Å². The monoisotopic (exact) mass is 200 g/mol. The van der Waals surface area contributed by atoms with Crippen LogP contribution in [0, 0.1) is 11.3 Å². The van der Waals surface area contributed by atoms with Crippen molar-refractivity contribution in [3.05, 3.63) is 0 Å². The maximum atomic E-state index is 11.1. The van der Waals surface area contributed by atoms with Crippen LogP contribution in [-0.2, 0) is 9.53 Å². The Labute approximate surface area is 85.5 Å². The molecular formula is C11H20O3. The molecule has 1 N–H and O–H groups in total. The maximum absolute atomic E-state index is 11.1. The van der Waals surface area contributed by atoms with Crippen molar-refractivity contribution >= 4 is 5.97 Å². The molecule has 0 saturated carbocycles. The van der Waals surface area contributed by atoms with Gasteiger partial charge in [0.15, 0.2) is 0 Å². The van der Waals surface area contributed by atoms with E-state index in [0.29, 0.717) is 12.3 Å². The summed E-state index contributed by atoms with van der Waals surface area (Å²) in [6, 6.07) is 0. The Kier molecular flexibility index (Phi) is 3.93. The normalized spacial score (nSPS) is 23.0. The molecule has 0 spiro atoms. The van der Waals surface area contributed by atoms with Gasteiger partial charge in [-0.25, -0.2) is 0 Å². The van der Waals surface area contributed by atoms with Gasteiger partial charge in [0.1, 0.15) is 0 Å². The molecule has 1 saturated heterocycles. The van der Waals surface area contributed by atoms with E-state index in [2.05, 4.69) is 0 Å². The molecule has 1 fully saturated rings. The predicted molar refractivity (Wildman–Crippen MR) is 54.2 cm³/mol. The van der Waals surface area contributed by atoms with Crippen LogP contribution in [0.25, 0.3) is 0 Å². The van der Waals surface area contributed by atoms with Crippen molar-refractivity contribution in [1.29, 1.82) is 0 Å². The standard InChI is InChI=1S/C11H20O3/c1-3-11(2,10(12)13)8-9-4-6-14-7-5-9/h9H,3-8H2,1-2H3,(H,12,13). The number of hydrogen-bond donors (Lipinski definition) is 1. The van der Waals surface area contributed by atoms with Crippen LogP contribution >= 0.6 is 0 Å². The smallest absolute Gasteiger partial charge is 0.309 e. The summed E-state index contributed by atoms with van der Waals surface area (Å²) in [6.45, 7) is 5.40. The van der Waals surface area contributed by atoms with E-state index in [1.54, 1.807) is 0 Å². The molecule has 1 atom stereocenters. The van der Waals surface area contributed by atoms with Crippen LogP contribution < -0.4 is 0 Å². The zero-order chi connectivity index (χ0) is 10.6. The van der Waals surface area contributed by atoms with Gasteiger partial charge in [-0.2, -0.15) is 0 Å². The Balaban J connectivity index is 2.50. The first-order chi connectivity index (χ1) is 6.58. The fourth-order valence-electron chi connectivity index (χ4n) is 1.97. The van der Waals surface area contributed by atoms with E-state index < -0.39 is 11.4 Å². The average Bonchev–Trinajstić information content (AvgIpc) is 2.19. The number of carboxylic acids is 1. The summed E-state index contributed by atoms with van der Waals surface area (Å²) in [7, 11) is 0. The predicted octanol–water partition coefficient (Wildman–Crippen LogP) is 2.30. The van der Waals surface area contributed by atoms with E-state index in [0.717, 1.165) is 32.5 Å². The Morgan fingerprint density at radius 2 is 2.07 bits per heavy atom. The first kappa shape index (κ1) is 11.5. The van der Waals surface area contributed by atoms with Crippen molar-refractivity contribution in [1.82, 2.24) is 0 Å². The Hall–Kier alpha value is -0.570. The largest absolute Gasteiger partial charge is 0.481 e. The number of hydrogen-bond acceptors (Lipinski definition) is 2. The Morgan fingerprint density at radius 3 is 2.50 bits per heavy atom. The van der Waals surface area contributed by atoms with Crippen LogP contribution in [0.4, 0.5) is 0 Å². The first-order valence-corrected chi connectivity index (χ1v) is 5.39. The minimum atomic E-state index is -0.661. The molecule has 0 aromatic carbocycles. The van der Waals surface area contributed by atoms with Crippen LogP contribution in [-0.4, -0.2) is 24.3 Å². The highest BCUT2D eigenvalue weighted by molar-refractivity contribution is 5.74.